The van der Waals surface area contributed by atoms with Crippen LogP contribution >= 0.6 is 11.6 Å². The van der Waals surface area contributed by atoms with Crippen LogP contribution in [0.1, 0.15) is 5.56 Å². The van der Waals surface area contributed by atoms with Gasteiger partial charge in [0.05, 0.1) is 10.5 Å². The maximum Gasteiger partial charge on any atom is 0.417 e. The molecule has 1 aliphatic rings. The monoisotopic (exact) mass is 358 g/mol. The number of fused-ring (bicyclic) bond motifs is 2. The van der Waals surface area contributed by atoms with E-state index in [4.69, 9.17) is 25.5 Å². The van der Waals surface area contributed by atoms with E-state index in [1.807, 2.05) is 0 Å². The molecule has 0 spiro atoms. The highest BCUT2D eigenvalue weighted by molar-refractivity contribution is 6.32. The summed E-state index contributed by atoms with van der Waals surface area (Å²) in [6.07, 6.45) is 2.98. The number of carbonyl (C=O) groups excluding carboxylic acids is 1. The molecule has 1 amide bonds. The van der Waals surface area contributed by atoms with Gasteiger partial charge in [0.25, 0.3) is 0 Å². The number of rotatable bonds is 3. The fraction of sp³-hybridized carbons (Fsp3) is 0.0588. The minimum absolute atomic E-state index is 0.126. The Morgan fingerprint density at radius 2 is 2.12 bits per heavy atom. The summed E-state index contributed by atoms with van der Waals surface area (Å²) in [6.45, 7) is 0.126. The smallest absolute Gasteiger partial charge is 0.417 e. The number of benzene rings is 2. The van der Waals surface area contributed by atoms with Crippen LogP contribution in [0.5, 0.6) is 11.5 Å². The van der Waals surface area contributed by atoms with Gasteiger partial charge >= 0.3 is 5.76 Å². The zero-order chi connectivity index (χ0) is 17.4. The lowest BCUT2D eigenvalue weighted by molar-refractivity contribution is -0.111. The Kier molecular flexibility index (Phi) is 3.70. The number of carbonyl (C=O) groups is 1. The number of H-pyrrole nitrogens is 1. The molecule has 2 heterocycles. The molecule has 126 valence electrons. The van der Waals surface area contributed by atoms with Gasteiger partial charge in [-0.3, -0.25) is 9.78 Å². The number of aromatic amines is 1. The summed E-state index contributed by atoms with van der Waals surface area (Å²) in [5, 5.41) is 3.12. The number of hydrogen-bond acceptors (Lipinski definition) is 5. The lowest BCUT2D eigenvalue weighted by atomic mass is 10.2. The molecule has 0 radical (unpaired) electrons. The molecule has 0 aliphatic carbocycles. The molecule has 0 saturated carbocycles. The van der Waals surface area contributed by atoms with Gasteiger partial charge in [0.1, 0.15) is 0 Å². The van der Waals surface area contributed by atoms with E-state index in [1.165, 1.54) is 6.08 Å². The summed E-state index contributed by atoms with van der Waals surface area (Å²) in [7, 11) is 0. The Morgan fingerprint density at radius 3 is 3.00 bits per heavy atom. The Morgan fingerprint density at radius 1 is 1.24 bits per heavy atom. The van der Waals surface area contributed by atoms with Gasteiger partial charge in [-0.15, -0.1) is 0 Å². The van der Waals surface area contributed by atoms with Crippen molar-refractivity contribution in [3.05, 3.63) is 57.5 Å². The van der Waals surface area contributed by atoms with Crippen LogP contribution in [-0.2, 0) is 4.79 Å². The van der Waals surface area contributed by atoms with Gasteiger partial charge in [0, 0.05) is 11.8 Å². The lowest BCUT2D eigenvalue weighted by Gasteiger charge is -2.03. The highest BCUT2D eigenvalue weighted by atomic mass is 35.5. The molecule has 1 aliphatic heterocycles. The van der Waals surface area contributed by atoms with Gasteiger partial charge in [0.15, 0.2) is 17.1 Å². The van der Waals surface area contributed by atoms with E-state index >= 15 is 0 Å². The number of hydrogen-bond donors (Lipinski definition) is 2. The molecular weight excluding hydrogens is 348 g/mol. The van der Waals surface area contributed by atoms with Gasteiger partial charge < -0.3 is 19.2 Å². The van der Waals surface area contributed by atoms with Crippen LogP contribution in [0.25, 0.3) is 17.2 Å². The highest BCUT2D eigenvalue weighted by Crippen LogP contribution is 2.40. The fourth-order valence-corrected chi connectivity index (χ4v) is 2.74. The number of nitrogens with one attached hydrogen (secondary N) is 2. The number of amides is 1. The van der Waals surface area contributed by atoms with E-state index in [1.54, 1.807) is 36.4 Å². The van der Waals surface area contributed by atoms with Crippen LogP contribution in [0, 0.1) is 0 Å². The first-order chi connectivity index (χ1) is 12.1. The van der Waals surface area contributed by atoms with Crippen molar-refractivity contribution in [1.82, 2.24) is 4.98 Å². The summed E-state index contributed by atoms with van der Waals surface area (Å²) < 4.78 is 15.4. The molecule has 2 N–H and O–H groups in total. The summed E-state index contributed by atoms with van der Waals surface area (Å²) in [4.78, 5) is 25.7. The van der Waals surface area contributed by atoms with Gasteiger partial charge in [-0.25, -0.2) is 4.79 Å². The molecule has 0 unspecified atom stereocenters. The van der Waals surface area contributed by atoms with E-state index in [0.29, 0.717) is 38.9 Å². The van der Waals surface area contributed by atoms with E-state index in [9.17, 15) is 9.59 Å². The predicted molar refractivity (Wildman–Crippen MR) is 92.1 cm³/mol. The van der Waals surface area contributed by atoms with Gasteiger partial charge in [0.2, 0.25) is 12.7 Å². The minimum atomic E-state index is -0.543. The standard InChI is InChI=1S/C17H11ClN2O5/c18-11-5-9(6-14-16(11)24-8-23-14)1-4-15(21)19-10-2-3-13-12(7-10)20-17(22)25-13/h1-7H,8H2,(H,19,21)(H,20,22)/b4-1+. The second-order valence-corrected chi connectivity index (χ2v) is 5.69. The van der Waals surface area contributed by atoms with Crippen LogP contribution in [0.3, 0.4) is 0 Å². The average molecular weight is 359 g/mol. The molecular formula is C17H11ClN2O5. The first-order valence-corrected chi connectivity index (χ1v) is 7.67. The summed E-state index contributed by atoms with van der Waals surface area (Å²) in [5.74, 6) is 0.171. The SMILES string of the molecule is O=C(/C=C/c1cc(Cl)c2c(c1)OCO2)Nc1ccc2oc(=O)[nH]c2c1. The molecule has 25 heavy (non-hydrogen) atoms. The van der Waals surface area contributed by atoms with Gasteiger partial charge in [-0.2, -0.15) is 0 Å². The van der Waals surface area contributed by atoms with Crippen LogP contribution < -0.4 is 20.5 Å². The number of halogens is 1. The van der Waals surface area contributed by atoms with Crippen LogP contribution in [0.15, 0.2) is 45.6 Å². The van der Waals surface area contributed by atoms with Crippen molar-refractivity contribution in [1.29, 1.82) is 0 Å². The molecule has 0 saturated heterocycles. The topological polar surface area (TPSA) is 93.6 Å². The Labute approximate surface area is 145 Å². The largest absolute Gasteiger partial charge is 0.454 e. The zero-order valence-corrected chi connectivity index (χ0v) is 13.4. The van der Waals surface area contributed by atoms with Crippen molar-refractivity contribution < 1.29 is 18.7 Å². The molecule has 4 rings (SSSR count). The lowest BCUT2D eigenvalue weighted by Crippen LogP contribution is -2.07. The molecule has 3 aromatic rings. The zero-order valence-electron chi connectivity index (χ0n) is 12.7. The van der Waals surface area contributed by atoms with E-state index in [0.717, 1.165) is 0 Å². The summed E-state index contributed by atoms with van der Waals surface area (Å²) >= 11 is 6.10. The second kappa shape index (κ2) is 6.03. The minimum Gasteiger partial charge on any atom is -0.454 e. The highest BCUT2D eigenvalue weighted by Gasteiger charge is 2.17. The van der Waals surface area contributed by atoms with E-state index in [2.05, 4.69) is 10.3 Å². The van der Waals surface area contributed by atoms with Crippen molar-refractivity contribution in [3.63, 3.8) is 0 Å². The predicted octanol–water partition coefficient (Wildman–Crippen LogP) is 3.16. The molecule has 2 aromatic carbocycles. The summed E-state index contributed by atoms with van der Waals surface area (Å²) in [6, 6.07) is 8.28. The first-order valence-electron chi connectivity index (χ1n) is 7.29. The Hall–Kier alpha value is -3.19. The van der Waals surface area contributed by atoms with Gasteiger partial charge in [-0.1, -0.05) is 11.6 Å². The average Bonchev–Trinajstić information content (AvgIpc) is 3.18. The number of anilines is 1. The molecule has 0 bridgehead atoms. The third-order valence-electron chi connectivity index (χ3n) is 3.56. The number of oxazole rings is 1. The van der Waals surface area contributed by atoms with Crippen LogP contribution in [0.4, 0.5) is 5.69 Å². The van der Waals surface area contributed by atoms with Crippen molar-refractivity contribution in [2.45, 2.75) is 0 Å². The molecule has 8 heteroatoms. The fourth-order valence-electron chi connectivity index (χ4n) is 2.47. The molecule has 0 fully saturated rings. The molecule has 7 nitrogen and oxygen atoms in total. The maximum absolute atomic E-state index is 12.1. The van der Waals surface area contributed by atoms with Crippen molar-refractivity contribution in [3.8, 4) is 11.5 Å². The molecule has 1 aromatic heterocycles. The normalized spacial score (nSPS) is 12.8. The number of aromatic nitrogens is 1. The maximum atomic E-state index is 12.1. The van der Waals surface area contributed by atoms with Gasteiger partial charge in [-0.05, 0) is 42.0 Å². The van der Waals surface area contributed by atoms with Crippen molar-refractivity contribution in [2.75, 3.05) is 12.1 Å². The third kappa shape index (κ3) is 3.09. The Bertz CT molecular complexity index is 1070. The number of ether oxygens (including phenoxy) is 2. The summed E-state index contributed by atoms with van der Waals surface area (Å²) in [5.41, 5.74) is 2.17. The second-order valence-electron chi connectivity index (χ2n) is 5.28. The van der Waals surface area contributed by atoms with Crippen LogP contribution in [0.2, 0.25) is 5.02 Å². The van der Waals surface area contributed by atoms with Crippen molar-refractivity contribution >= 4 is 40.4 Å². The first kappa shape index (κ1) is 15.3. The quantitative estimate of drug-likeness (QED) is 0.701. The van der Waals surface area contributed by atoms with E-state index in [-0.39, 0.29) is 12.7 Å². The van der Waals surface area contributed by atoms with Crippen molar-refractivity contribution in [2.24, 2.45) is 0 Å². The molecule has 0 atom stereocenters. The van der Waals surface area contributed by atoms with E-state index < -0.39 is 5.76 Å². The Balaban J connectivity index is 1.50. The third-order valence-corrected chi connectivity index (χ3v) is 3.84. The van der Waals surface area contributed by atoms with Crippen LogP contribution in [-0.4, -0.2) is 17.7 Å².